The summed E-state index contributed by atoms with van der Waals surface area (Å²) in [6.45, 7) is 2.55. The maximum absolute atomic E-state index is 12.1. The topological polar surface area (TPSA) is 64.8 Å². The van der Waals surface area contributed by atoms with Gasteiger partial charge in [0.2, 0.25) is 5.91 Å². The van der Waals surface area contributed by atoms with Gasteiger partial charge in [0.25, 0.3) is 0 Å². The molecule has 0 aliphatic carbocycles. The van der Waals surface area contributed by atoms with Gasteiger partial charge in [0, 0.05) is 25.6 Å². The number of amides is 1. The molecule has 1 amide bonds. The summed E-state index contributed by atoms with van der Waals surface area (Å²) < 4.78 is 10.3. The quantitative estimate of drug-likeness (QED) is 0.879. The third kappa shape index (κ3) is 3.68. The van der Waals surface area contributed by atoms with Crippen molar-refractivity contribution in [2.75, 3.05) is 33.4 Å². The normalized spacial score (nSPS) is 17.1. The minimum Gasteiger partial charge on any atom is -0.497 e. The molecule has 1 fully saturated rings. The molecule has 0 aromatic heterocycles. The predicted octanol–water partition coefficient (Wildman–Crippen LogP) is 0.944. The van der Waals surface area contributed by atoms with Crippen molar-refractivity contribution in [1.82, 2.24) is 4.90 Å². The molecule has 0 radical (unpaired) electrons. The van der Waals surface area contributed by atoms with Gasteiger partial charge in [0.1, 0.15) is 5.75 Å². The Hall–Kier alpha value is -1.59. The summed E-state index contributed by atoms with van der Waals surface area (Å²) in [5.74, 6) is 0.877. The van der Waals surface area contributed by atoms with E-state index in [0.29, 0.717) is 32.7 Å². The molecule has 1 atom stereocenters. The lowest BCUT2D eigenvalue weighted by Gasteiger charge is -2.28. The summed E-state index contributed by atoms with van der Waals surface area (Å²) >= 11 is 0. The monoisotopic (exact) mass is 264 g/mol. The molecule has 0 saturated carbocycles. The van der Waals surface area contributed by atoms with Gasteiger partial charge in [-0.05, 0) is 17.7 Å². The summed E-state index contributed by atoms with van der Waals surface area (Å²) in [5.41, 5.74) is 7.02. The van der Waals surface area contributed by atoms with Crippen LogP contribution in [0.15, 0.2) is 24.3 Å². The third-order valence-electron chi connectivity index (χ3n) is 3.30. The molecule has 0 spiro atoms. The molecule has 1 unspecified atom stereocenters. The average molecular weight is 264 g/mol. The first-order valence-corrected chi connectivity index (χ1v) is 6.46. The van der Waals surface area contributed by atoms with E-state index in [1.807, 2.05) is 29.2 Å². The Morgan fingerprint density at radius 3 is 2.58 bits per heavy atom. The maximum Gasteiger partial charge on any atom is 0.224 e. The minimum absolute atomic E-state index is 0.0895. The average Bonchev–Trinajstić information content (AvgIpc) is 2.48. The molecule has 1 saturated heterocycles. The van der Waals surface area contributed by atoms with E-state index in [4.69, 9.17) is 15.2 Å². The number of benzene rings is 1. The minimum atomic E-state index is -0.277. The van der Waals surface area contributed by atoms with Crippen LogP contribution in [-0.4, -0.2) is 44.2 Å². The van der Waals surface area contributed by atoms with Crippen molar-refractivity contribution in [3.05, 3.63) is 29.8 Å². The molecular formula is C14H20N2O3. The Morgan fingerprint density at radius 1 is 1.37 bits per heavy atom. The van der Waals surface area contributed by atoms with Crippen molar-refractivity contribution >= 4 is 5.91 Å². The SMILES string of the molecule is COc1ccc(C(N)CC(=O)N2CCOCC2)cc1. The van der Waals surface area contributed by atoms with Gasteiger partial charge in [-0.25, -0.2) is 0 Å². The number of ether oxygens (including phenoxy) is 2. The summed E-state index contributed by atoms with van der Waals surface area (Å²) in [5, 5.41) is 0. The Kier molecular flexibility index (Phi) is 4.76. The lowest BCUT2D eigenvalue weighted by Crippen LogP contribution is -2.41. The van der Waals surface area contributed by atoms with Crippen molar-refractivity contribution in [3.8, 4) is 5.75 Å². The summed E-state index contributed by atoms with van der Waals surface area (Å²) in [6.07, 6.45) is 0.326. The second-order valence-corrected chi connectivity index (χ2v) is 4.58. The predicted molar refractivity (Wildman–Crippen MR) is 71.9 cm³/mol. The van der Waals surface area contributed by atoms with Crippen LogP contribution in [0.3, 0.4) is 0 Å². The largest absolute Gasteiger partial charge is 0.497 e. The maximum atomic E-state index is 12.1. The molecule has 1 heterocycles. The van der Waals surface area contributed by atoms with Crippen LogP contribution in [0.1, 0.15) is 18.0 Å². The Bertz CT molecular complexity index is 413. The van der Waals surface area contributed by atoms with E-state index in [2.05, 4.69) is 0 Å². The van der Waals surface area contributed by atoms with Crippen molar-refractivity contribution in [1.29, 1.82) is 0 Å². The van der Waals surface area contributed by atoms with Crippen LogP contribution in [-0.2, 0) is 9.53 Å². The number of hydrogen-bond acceptors (Lipinski definition) is 4. The highest BCUT2D eigenvalue weighted by molar-refractivity contribution is 5.77. The number of nitrogens with zero attached hydrogens (tertiary/aromatic N) is 1. The second-order valence-electron chi connectivity index (χ2n) is 4.58. The molecule has 1 aromatic rings. The Balaban J connectivity index is 1.91. The molecule has 1 aliphatic heterocycles. The fourth-order valence-corrected chi connectivity index (χ4v) is 2.10. The molecule has 1 aliphatic rings. The number of rotatable bonds is 4. The van der Waals surface area contributed by atoms with Gasteiger partial charge in [-0.1, -0.05) is 12.1 Å². The standard InChI is InChI=1S/C14H20N2O3/c1-18-12-4-2-11(3-5-12)13(15)10-14(17)16-6-8-19-9-7-16/h2-5,13H,6-10,15H2,1H3. The van der Waals surface area contributed by atoms with Gasteiger partial charge < -0.3 is 20.1 Å². The van der Waals surface area contributed by atoms with Crippen LogP contribution >= 0.6 is 0 Å². The van der Waals surface area contributed by atoms with Gasteiger partial charge >= 0.3 is 0 Å². The molecule has 19 heavy (non-hydrogen) atoms. The number of carbonyl (C=O) groups excluding carboxylic acids is 1. The van der Waals surface area contributed by atoms with Crippen LogP contribution in [0, 0.1) is 0 Å². The molecule has 5 nitrogen and oxygen atoms in total. The first-order chi connectivity index (χ1) is 9.20. The highest BCUT2D eigenvalue weighted by Gasteiger charge is 2.19. The summed E-state index contributed by atoms with van der Waals surface area (Å²) in [6, 6.07) is 7.23. The van der Waals surface area contributed by atoms with Crippen LogP contribution in [0.4, 0.5) is 0 Å². The van der Waals surface area contributed by atoms with Gasteiger partial charge in [-0.15, -0.1) is 0 Å². The van der Waals surface area contributed by atoms with Gasteiger partial charge in [-0.2, -0.15) is 0 Å². The van der Waals surface area contributed by atoms with E-state index in [9.17, 15) is 4.79 Å². The Labute approximate surface area is 113 Å². The van der Waals surface area contributed by atoms with Crippen LogP contribution in [0.5, 0.6) is 5.75 Å². The highest BCUT2D eigenvalue weighted by atomic mass is 16.5. The molecular weight excluding hydrogens is 244 g/mol. The highest BCUT2D eigenvalue weighted by Crippen LogP contribution is 2.19. The lowest BCUT2D eigenvalue weighted by atomic mass is 10.0. The van der Waals surface area contributed by atoms with E-state index in [0.717, 1.165) is 11.3 Å². The molecule has 2 rings (SSSR count). The van der Waals surface area contributed by atoms with Crippen molar-refractivity contribution in [2.24, 2.45) is 5.73 Å². The molecule has 104 valence electrons. The number of carbonyl (C=O) groups is 1. The van der Waals surface area contributed by atoms with E-state index in [1.165, 1.54) is 0 Å². The number of hydrogen-bond donors (Lipinski definition) is 1. The zero-order chi connectivity index (χ0) is 13.7. The summed E-state index contributed by atoms with van der Waals surface area (Å²) in [7, 11) is 1.62. The van der Waals surface area contributed by atoms with Crippen LogP contribution < -0.4 is 10.5 Å². The van der Waals surface area contributed by atoms with E-state index in [-0.39, 0.29) is 11.9 Å². The molecule has 2 N–H and O–H groups in total. The molecule has 1 aromatic carbocycles. The zero-order valence-corrected chi connectivity index (χ0v) is 11.2. The Morgan fingerprint density at radius 2 is 2.00 bits per heavy atom. The van der Waals surface area contributed by atoms with E-state index in [1.54, 1.807) is 7.11 Å². The van der Waals surface area contributed by atoms with E-state index >= 15 is 0 Å². The lowest BCUT2D eigenvalue weighted by molar-refractivity contribution is -0.135. The van der Waals surface area contributed by atoms with Crippen molar-refractivity contribution < 1.29 is 14.3 Å². The van der Waals surface area contributed by atoms with E-state index < -0.39 is 0 Å². The fourth-order valence-electron chi connectivity index (χ4n) is 2.10. The smallest absolute Gasteiger partial charge is 0.224 e. The van der Waals surface area contributed by atoms with Gasteiger partial charge in [-0.3, -0.25) is 4.79 Å². The molecule has 5 heteroatoms. The molecule has 0 bridgehead atoms. The number of nitrogens with two attached hydrogens (primary N) is 1. The van der Waals surface area contributed by atoms with Gasteiger partial charge in [0.05, 0.1) is 20.3 Å². The second kappa shape index (κ2) is 6.54. The first kappa shape index (κ1) is 13.8. The van der Waals surface area contributed by atoms with Crippen LogP contribution in [0.2, 0.25) is 0 Å². The van der Waals surface area contributed by atoms with Crippen molar-refractivity contribution in [3.63, 3.8) is 0 Å². The number of methoxy groups -OCH3 is 1. The van der Waals surface area contributed by atoms with Crippen molar-refractivity contribution in [2.45, 2.75) is 12.5 Å². The first-order valence-electron chi connectivity index (χ1n) is 6.46. The summed E-state index contributed by atoms with van der Waals surface area (Å²) in [4.78, 5) is 13.9. The fraction of sp³-hybridized carbons (Fsp3) is 0.500. The third-order valence-corrected chi connectivity index (χ3v) is 3.30. The zero-order valence-electron chi connectivity index (χ0n) is 11.2. The van der Waals surface area contributed by atoms with Gasteiger partial charge in [0.15, 0.2) is 0 Å². The number of morpholine rings is 1. The van der Waals surface area contributed by atoms with Crippen LogP contribution in [0.25, 0.3) is 0 Å².